The third kappa shape index (κ3) is 4.04. The molecule has 2 aliphatic heterocycles. The molecule has 46 heavy (non-hydrogen) atoms. The van der Waals surface area contributed by atoms with Crippen molar-refractivity contribution in [3.8, 4) is 11.5 Å². The van der Waals surface area contributed by atoms with E-state index in [-0.39, 0.29) is 29.8 Å². The van der Waals surface area contributed by atoms with Crippen LogP contribution >= 0.6 is 34.8 Å². The lowest BCUT2D eigenvalue weighted by Gasteiger charge is -2.50. The van der Waals surface area contributed by atoms with Gasteiger partial charge in [0.05, 0.1) is 30.3 Å². The Morgan fingerprint density at radius 1 is 0.891 bits per heavy atom. The molecule has 6 atom stereocenters. The molecule has 236 valence electrons. The fourth-order valence-corrected chi connectivity index (χ4v) is 8.72. The smallest absolute Gasteiger partial charge is 0.258 e. The fourth-order valence-electron chi connectivity index (χ4n) is 7.61. The molecule has 2 heterocycles. The second-order valence-electron chi connectivity index (χ2n) is 12.1. The average Bonchev–Trinajstić information content (AvgIpc) is 3.37. The van der Waals surface area contributed by atoms with Crippen LogP contribution < -0.4 is 14.5 Å². The molecule has 12 heteroatoms. The van der Waals surface area contributed by atoms with Gasteiger partial charge < -0.3 is 9.84 Å². The van der Waals surface area contributed by atoms with Gasteiger partial charge in [-0.15, -0.1) is 23.2 Å². The molecule has 0 aromatic heterocycles. The number of halogens is 4. The van der Waals surface area contributed by atoms with Gasteiger partial charge in [0, 0.05) is 22.6 Å². The van der Waals surface area contributed by atoms with Crippen molar-refractivity contribution >= 4 is 69.8 Å². The normalized spacial score (nSPS) is 30.3. The van der Waals surface area contributed by atoms with Crippen LogP contribution in [0.5, 0.6) is 11.5 Å². The molecular weight excluding hydrogens is 658 g/mol. The number of hydrogen-bond donors (Lipinski definition) is 1. The largest absolute Gasteiger partial charge is 0.508 e. The number of aromatic hydroxyl groups is 1. The minimum absolute atomic E-state index is 0.0629. The SMILES string of the molecule is COc1ccc([C@H]2C3=CC[C@@H]4C(=O)N(c5ccc(C)c(Cl)c5)C(=O)[C@@H]4[C@@H]3C[C@@]3(Cl)C(=O)N(c4ccc(F)cc4)C(=O)[C@@]23Cl)c(O)c1. The van der Waals surface area contributed by atoms with E-state index in [1.807, 2.05) is 0 Å². The summed E-state index contributed by atoms with van der Waals surface area (Å²) in [4.78, 5) is 54.4. The second-order valence-corrected chi connectivity index (χ2v) is 13.8. The Morgan fingerprint density at radius 3 is 2.24 bits per heavy atom. The Hall–Kier alpha value is -3.92. The van der Waals surface area contributed by atoms with Gasteiger partial charge in [0.1, 0.15) is 17.3 Å². The van der Waals surface area contributed by atoms with E-state index in [9.17, 15) is 28.7 Å². The number of ether oxygens (including phenoxy) is 1. The molecule has 2 aliphatic carbocycles. The number of aryl methyl sites for hydroxylation is 1. The van der Waals surface area contributed by atoms with Crippen molar-refractivity contribution in [2.45, 2.75) is 35.4 Å². The number of phenols is 1. The van der Waals surface area contributed by atoms with E-state index in [0.717, 1.165) is 27.5 Å². The Morgan fingerprint density at radius 2 is 1.59 bits per heavy atom. The number of alkyl halides is 2. The molecule has 4 amide bonds. The van der Waals surface area contributed by atoms with E-state index in [1.165, 1.54) is 31.4 Å². The number of allylic oxidation sites excluding steroid dienone is 2. The Labute approximate surface area is 278 Å². The van der Waals surface area contributed by atoms with Gasteiger partial charge in [0.15, 0.2) is 9.75 Å². The predicted molar refractivity (Wildman–Crippen MR) is 170 cm³/mol. The van der Waals surface area contributed by atoms with Crippen LogP contribution in [0.2, 0.25) is 5.02 Å². The van der Waals surface area contributed by atoms with Crippen molar-refractivity contribution in [1.29, 1.82) is 0 Å². The zero-order chi connectivity index (χ0) is 32.9. The maximum atomic E-state index is 14.4. The van der Waals surface area contributed by atoms with Crippen molar-refractivity contribution < 1.29 is 33.4 Å². The summed E-state index contributed by atoms with van der Waals surface area (Å²) in [6.45, 7) is 1.81. The number of methoxy groups -OCH3 is 1. The van der Waals surface area contributed by atoms with Crippen LogP contribution in [0.4, 0.5) is 15.8 Å². The number of nitrogens with zero attached hydrogens (tertiary/aromatic N) is 2. The number of fused-ring (bicyclic) bond motifs is 4. The molecule has 1 N–H and O–H groups in total. The molecule has 3 aromatic carbocycles. The van der Waals surface area contributed by atoms with E-state index in [4.69, 9.17) is 39.5 Å². The molecule has 0 bridgehead atoms. The summed E-state index contributed by atoms with van der Waals surface area (Å²) < 4.78 is 19.1. The first-order chi connectivity index (χ1) is 21.8. The molecule has 3 fully saturated rings. The molecule has 0 radical (unpaired) electrons. The first-order valence-corrected chi connectivity index (χ1v) is 15.7. The lowest BCUT2D eigenvalue weighted by atomic mass is 9.56. The molecule has 2 saturated heterocycles. The quantitative estimate of drug-likeness (QED) is 0.198. The van der Waals surface area contributed by atoms with E-state index in [1.54, 1.807) is 37.3 Å². The highest BCUT2D eigenvalue weighted by molar-refractivity contribution is 6.58. The highest BCUT2D eigenvalue weighted by atomic mass is 35.5. The topological polar surface area (TPSA) is 104 Å². The van der Waals surface area contributed by atoms with Gasteiger partial charge in [-0.25, -0.2) is 14.2 Å². The zero-order valence-corrected chi connectivity index (χ0v) is 26.7. The maximum Gasteiger partial charge on any atom is 0.258 e. The van der Waals surface area contributed by atoms with E-state index in [0.29, 0.717) is 22.0 Å². The van der Waals surface area contributed by atoms with Gasteiger partial charge in [-0.3, -0.25) is 19.2 Å². The third-order valence-electron chi connectivity index (χ3n) is 9.86. The van der Waals surface area contributed by atoms with E-state index in [2.05, 4.69) is 0 Å². The molecular formula is C34H26Cl3FN2O6. The summed E-state index contributed by atoms with van der Waals surface area (Å²) in [5.74, 6) is -6.81. The fraction of sp³-hybridized carbons (Fsp3) is 0.294. The van der Waals surface area contributed by atoms with Gasteiger partial charge in [-0.05, 0) is 73.7 Å². The minimum Gasteiger partial charge on any atom is -0.508 e. The number of carbonyl (C=O) groups excluding carboxylic acids is 4. The number of imide groups is 2. The predicted octanol–water partition coefficient (Wildman–Crippen LogP) is 6.27. The summed E-state index contributed by atoms with van der Waals surface area (Å²) in [7, 11) is 1.43. The number of anilines is 2. The average molecular weight is 684 g/mol. The molecule has 1 saturated carbocycles. The number of rotatable bonds is 4. The maximum absolute atomic E-state index is 14.4. The molecule has 8 nitrogen and oxygen atoms in total. The van der Waals surface area contributed by atoms with Crippen LogP contribution in [-0.4, -0.2) is 45.6 Å². The van der Waals surface area contributed by atoms with Crippen LogP contribution in [0, 0.1) is 30.5 Å². The highest BCUT2D eigenvalue weighted by Gasteiger charge is 2.77. The number of amides is 4. The van der Waals surface area contributed by atoms with Gasteiger partial charge in [-0.2, -0.15) is 0 Å². The second kappa shape index (κ2) is 10.6. The van der Waals surface area contributed by atoms with Crippen molar-refractivity contribution in [1.82, 2.24) is 0 Å². The standard InChI is InChI=1S/C34H26Cl3FN2O6/c1-16-3-6-19(13-25(16)35)39-29(42)23-12-11-21-24(27(23)30(39)43)15-33(36)31(44)40(18-7-4-17(38)5-8-18)32(45)34(33,37)28(21)22-10-9-20(46-2)14-26(22)41/h3-11,13-14,23-24,27-28,41H,12,15H2,1-2H3/t23-,24+,27-,28+,33+,34-/m0/s1. The van der Waals surface area contributed by atoms with Gasteiger partial charge in [-0.1, -0.05) is 35.4 Å². The Balaban J connectivity index is 1.40. The van der Waals surface area contributed by atoms with Gasteiger partial charge in [0.25, 0.3) is 11.8 Å². The summed E-state index contributed by atoms with van der Waals surface area (Å²) >= 11 is 21.0. The zero-order valence-electron chi connectivity index (χ0n) is 24.5. The van der Waals surface area contributed by atoms with Gasteiger partial charge in [0.2, 0.25) is 11.8 Å². The van der Waals surface area contributed by atoms with Crippen LogP contribution in [0.1, 0.15) is 29.9 Å². The molecule has 0 spiro atoms. The first kappa shape index (κ1) is 30.7. The molecule has 3 aromatic rings. The van der Waals surface area contributed by atoms with Crippen LogP contribution in [0.3, 0.4) is 0 Å². The number of carbonyl (C=O) groups is 4. The molecule has 4 aliphatic rings. The van der Waals surface area contributed by atoms with Crippen molar-refractivity contribution in [3.63, 3.8) is 0 Å². The van der Waals surface area contributed by atoms with Crippen LogP contribution in [-0.2, 0) is 19.2 Å². The number of hydrogen-bond acceptors (Lipinski definition) is 6. The van der Waals surface area contributed by atoms with Crippen LogP contribution in [0.25, 0.3) is 0 Å². The summed E-state index contributed by atoms with van der Waals surface area (Å²) in [6, 6.07) is 14.1. The minimum atomic E-state index is -2.17. The van der Waals surface area contributed by atoms with Gasteiger partial charge >= 0.3 is 0 Å². The van der Waals surface area contributed by atoms with E-state index >= 15 is 0 Å². The lowest BCUT2D eigenvalue weighted by molar-refractivity contribution is -0.125. The third-order valence-corrected chi connectivity index (χ3v) is 11.7. The molecule has 7 rings (SSSR count). The first-order valence-electron chi connectivity index (χ1n) is 14.6. The number of benzene rings is 3. The van der Waals surface area contributed by atoms with E-state index < -0.39 is 62.9 Å². The molecule has 0 unspecified atom stereocenters. The Bertz CT molecular complexity index is 1900. The summed E-state index contributed by atoms with van der Waals surface area (Å²) in [6.07, 6.45) is 1.68. The highest BCUT2D eigenvalue weighted by Crippen LogP contribution is 2.66. The lowest BCUT2D eigenvalue weighted by Crippen LogP contribution is -2.60. The van der Waals surface area contributed by atoms with Crippen molar-refractivity contribution in [2.75, 3.05) is 16.9 Å². The summed E-state index contributed by atoms with van der Waals surface area (Å²) in [5.41, 5.74) is 1.87. The Kier molecular flexibility index (Phi) is 7.05. The summed E-state index contributed by atoms with van der Waals surface area (Å²) in [5, 5.41) is 11.7. The monoisotopic (exact) mass is 682 g/mol. The van der Waals surface area contributed by atoms with Crippen LogP contribution in [0.15, 0.2) is 72.3 Å². The van der Waals surface area contributed by atoms with Crippen molar-refractivity contribution in [2.24, 2.45) is 17.8 Å². The number of phenolic OH excluding ortho intramolecular Hbond substituents is 1. The van der Waals surface area contributed by atoms with Crippen molar-refractivity contribution in [3.05, 3.63) is 94.3 Å².